The third-order valence-corrected chi connectivity index (χ3v) is 4.25. The van der Waals surface area contributed by atoms with Crippen molar-refractivity contribution in [3.05, 3.63) is 59.7 Å². The number of primary amides is 1. The molecule has 2 atom stereocenters. The second kappa shape index (κ2) is 6.35. The SMILES string of the molecule is C[C@@H]1Cc2ccccc2N1C(=O)[C@@H](C)Oc1ccccc1C(N)=O. The van der Waals surface area contributed by atoms with E-state index in [-0.39, 0.29) is 17.5 Å². The predicted octanol–water partition coefficient (Wildman–Crippen LogP) is 2.53. The van der Waals surface area contributed by atoms with Gasteiger partial charge in [-0.25, -0.2) is 0 Å². The third kappa shape index (κ3) is 2.85. The summed E-state index contributed by atoms with van der Waals surface area (Å²) in [4.78, 5) is 26.2. The largest absolute Gasteiger partial charge is 0.480 e. The van der Waals surface area contributed by atoms with E-state index in [0.717, 1.165) is 17.7 Å². The van der Waals surface area contributed by atoms with E-state index < -0.39 is 12.0 Å². The van der Waals surface area contributed by atoms with Gasteiger partial charge in [0.05, 0.1) is 5.56 Å². The zero-order chi connectivity index (χ0) is 17.3. The van der Waals surface area contributed by atoms with Crippen LogP contribution in [0.15, 0.2) is 48.5 Å². The summed E-state index contributed by atoms with van der Waals surface area (Å²) in [6.45, 7) is 3.70. The summed E-state index contributed by atoms with van der Waals surface area (Å²) in [5, 5.41) is 0. The number of carbonyl (C=O) groups excluding carboxylic acids is 2. The molecule has 2 amide bonds. The molecule has 2 aromatic rings. The van der Waals surface area contributed by atoms with E-state index in [1.807, 2.05) is 31.2 Å². The van der Waals surface area contributed by atoms with E-state index in [1.54, 1.807) is 36.1 Å². The Bertz CT molecular complexity index is 788. The normalized spacial score (nSPS) is 17.2. The van der Waals surface area contributed by atoms with Gasteiger partial charge in [-0.1, -0.05) is 30.3 Å². The lowest BCUT2D eigenvalue weighted by molar-refractivity contribution is -0.124. The van der Waals surface area contributed by atoms with Gasteiger partial charge in [0, 0.05) is 11.7 Å². The van der Waals surface area contributed by atoms with Crippen molar-refractivity contribution in [1.29, 1.82) is 0 Å². The quantitative estimate of drug-likeness (QED) is 0.939. The van der Waals surface area contributed by atoms with E-state index in [2.05, 4.69) is 0 Å². The number of hydrogen-bond donors (Lipinski definition) is 1. The number of hydrogen-bond acceptors (Lipinski definition) is 3. The lowest BCUT2D eigenvalue weighted by Gasteiger charge is -2.26. The first-order chi connectivity index (χ1) is 11.5. The van der Waals surface area contributed by atoms with Crippen molar-refractivity contribution >= 4 is 17.5 Å². The lowest BCUT2D eigenvalue weighted by Crippen LogP contribution is -2.43. The van der Waals surface area contributed by atoms with Crippen molar-refractivity contribution in [3.8, 4) is 5.75 Å². The molecule has 24 heavy (non-hydrogen) atoms. The second-order valence-corrected chi connectivity index (χ2v) is 6.01. The summed E-state index contributed by atoms with van der Waals surface area (Å²) >= 11 is 0. The fourth-order valence-corrected chi connectivity index (χ4v) is 3.11. The van der Waals surface area contributed by atoms with Gasteiger partial charge >= 0.3 is 0 Å². The van der Waals surface area contributed by atoms with E-state index in [0.29, 0.717) is 5.75 Å². The highest BCUT2D eigenvalue weighted by Crippen LogP contribution is 2.32. The summed E-state index contributed by atoms with van der Waals surface area (Å²) in [5.41, 5.74) is 7.71. The molecular weight excluding hydrogens is 304 g/mol. The van der Waals surface area contributed by atoms with Crippen LogP contribution in [0, 0.1) is 0 Å². The molecule has 0 spiro atoms. The molecule has 0 saturated carbocycles. The van der Waals surface area contributed by atoms with Crippen LogP contribution in [0.3, 0.4) is 0 Å². The molecule has 0 radical (unpaired) electrons. The van der Waals surface area contributed by atoms with Crippen molar-refractivity contribution < 1.29 is 14.3 Å². The van der Waals surface area contributed by atoms with Crippen molar-refractivity contribution in [2.75, 3.05) is 4.90 Å². The minimum absolute atomic E-state index is 0.0762. The molecule has 1 aliphatic heterocycles. The molecule has 0 aromatic heterocycles. The van der Waals surface area contributed by atoms with Crippen LogP contribution in [0.2, 0.25) is 0 Å². The summed E-state index contributed by atoms with van der Waals surface area (Å²) in [6, 6.07) is 14.6. The van der Waals surface area contributed by atoms with E-state index >= 15 is 0 Å². The molecule has 0 aliphatic carbocycles. The van der Waals surface area contributed by atoms with Gasteiger partial charge in [0.25, 0.3) is 11.8 Å². The molecule has 1 aliphatic rings. The highest BCUT2D eigenvalue weighted by Gasteiger charge is 2.34. The van der Waals surface area contributed by atoms with Crippen molar-refractivity contribution in [2.24, 2.45) is 5.73 Å². The van der Waals surface area contributed by atoms with Crippen LogP contribution in [0.5, 0.6) is 5.75 Å². The molecular formula is C19H20N2O3. The third-order valence-electron chi connectivity index (χ3n) is 4.25. The fourth-order valence-electron chi connectivity index (χ4n) is 3.11. The lowest BCUT2D eigenvalue weighted by atomic mass is 10.1. The number of nitrogens with two attached hydrogens (primary N) is 1. The molecule has 0 bridgehead atoms. The van der Waals surface area contributed by atoms with Gasteiger partial charge in [-0.3, -0.25) is 9.59 Å². The maximum atomic E-state index is 12.9. The first kappa shape index (κ1) is 16.1. The minimum atomic E-state index is -0.723. The number of para-hydroxylation sites is 2. The average Bonchev–Trinajstić information content (AvgIpc) is 2.90. The number of anilines is 1. The number of carbonyl (C=O) groups is 2. The summed E-state index contributed by atoms with van der Waals surface area (Å²) < 4.78 is 5.75. The molecule has 0 fully saturated rings. The number of rotatable bonds is 4. The maximum Gasteiger partial charge on any atom is 0.268 e. The average molecular weight is 324 g/mol. The molecule has 3 rings (SSSR count). The second-order valence-electron chi connectivity index (χ2n) is 6.01. The van der Waals surface area contributed by atoms with Crippen molar-refractivity contribution in [2.45, 2.75) is 32.4 Å². The molecule has 0 saturated heterocycles. The highest BCUT2D eigenvalue weighted by atomic mass is 16.5. The summed E-state index contributed by atoms with van der Waals surface area (Å²) in [7, 11) is 0. The molecule has 2 aromatic carbocycles. The van der Waals surface area contributed by atoms with Gasteiger partial charge in [0.1, 0.15) is 5.75 Å². The first-order valence-corrected chi connectivity index (χ1v) is 7.95. The topological polar surface area (TPSA) is 72.6 Å². The maximum absolute atomic E-state index is 12.9. The van der Waals surface area contributed by atoms with Crippen molar-refractivity contribution in [3.63, 3.8) is 0 Å². The molecule has 5 nitrogen and oxygen atoms in total. The van der Waals surface area contributed by atoms with Crippen LogP contribution in [0.25, 0.3) is 0 Å². The molecule has 5 heteroatoms. The van der Waals surface area contributed by atoms with Gasteiger partial charge in [-0.05, 0) is 44.0 Å². The van der Waals surface area contributed by atoms with Crippen LogP contribution < -0.4 is 15.4 Å². The van der Waals surface area contributed by atoms with Gasteiger partial charge in [0.15, 0.2) is 6.10 Å². The molecule has 2 N–H and O–H groups in total. The molecule has 0 unspecified atom stereocenters. The minimum Gasteiger partial charge on any atom is -0.480 e. The Morgan fingerprint density at radius 2 is 1.83 bits per heavy atom. The van der Waals surface area contributed by atoms with Crippen LogP contribution in [0.4, 0.5) is 5.69 Å². The Morgan fingerprint density at radius 1 is 1.17 bits per heavy atom. The van der Waals surface area contributed by atoms with Gasteiger partial charge in [-0.2, -0.15) is 0 Å². The Morgan fingerprint density at radius 3 is 2.58 bits per heavy atom. The smallest absolute Gasteiger partial charge is 0.268 e. The Kier molecular flexibility index (Phi) is 4.25. The van der Waals surface area contributed by atoms with Crippen LogP contribution in [0.1, 0.15) is 29.8 Å². The van der Waals surface area contributed by atoms with Crippen LogP contribution in [-0.4, -0.2) is 24.0 Å². The first-order valence-electron chi connectivity index (χ1n) is 7.95. The fraction of sp³-hybridized carbons (Fsp3) is 0.263. The Hall–Kier alpha value is -2.82. The zero-order valence-corrected chi connectivity index (χ0v) is 13.7. The van der Waals surface area contributed by atoms with Gasteiger partial charge in [0.2, 0.25) is 0 Å². The summed E-state index contributed by atoms with van der Waals surface area (Å²) in [5.74, 6) is -0.386. The van der Waals surface area contributed by atoms with Gasteiger partial charge < -0.3 is 15.4 Å². The Balaban J connectivity index is 1.83. The van der Waals surface area contributed by atoms with Crippen LogP contribution in [-0.2, 0) is 11.2 Å². The van der Waals surface area contributed by atoms with Crippen molar-refractivity contribution in [1.82, 2.24) is 0 Å². The van der Waals surface area contributed by atoms with E-state index in [4.69, 9.17) is 10.5 Å². The summed E-state index contributed by atoms with van der Waals surface area (Å²) in [6.07, 6.45) is 0.103. The number of nitrogens with zero attached hydrogens (tertiary/aromatic N) is 1. The highest BCUT2D eigenvalue weighted by molar-refractivity contribution is 5.99. The predicted molar refractivity (Wildman–Crippen MR) is 92.1 cm³/mol. The Labute approximate surface area is 141 Å². The van der Waals surface area contributed by atoms with Gasteiger partial charge in [-0.15, -0.1) is 0 Å². The number of benzene rings is 2. The number of amides is 2. The van der Waals surface area contributed by atoms with E-state index in [9.17, 15) is 9.59 Å². The number of ether oxygens (including phenoxy) is 1. The monoisotopic (exact) mass is 324 g/mol. The number of fused-ring (bicyclic) bond motifs is 1. The zero-order valence-electron chi connectivity index (χ0n) is 13.7. The molecule has 1 heterocycles. The molecule has 124 valence electrons. The van der Waals surface area contributed by atoms with Crippen LogP contribution >= 0.6 is 0 Å². The van der Waals surface area contributed by atoms with E-state index in [1.165, 1.54) is 0 Å². The standard InChI is InChI=1S/C19H20N2O3/c1-12-11-14-7-3-5-9-16(14)21(12)19(23)13(2)24-17-10-6-4-8-15(17)18(20)22/h3-10,12-13H,11H2,1-2H3,(H2,20,22)/t12-,13-/m1/s1.